The molecule has 0 unspecified atom stereocenters. The van der Waals surface area contributed by atoms with Gasteiger partial charge in [0.2, 0.25) is 11.8 Å². The molecule has 0 spiro atoms. The first-order chi connectivity index (χ1) is 12.1. The monoisotopic (exact) mass is 338 g/mol. The first kappa shape index (κ1) is 17.0. The maximum Gasteiger partial charge on any atom is 0.224 e. The Kier molecular flexibility index (Phi) is 5.03. The second-order valence-electron chi connectivity index (χ2n) is 6.39. The van der Waals surface area contributed by atoms with Crippen LogP contribution in [0.4, 0.5) is 0 Å². The minimum atomic E-state index is -0.0885. The number of hydrogen-bond donors (Lipinski definition) is 2. The van der Waals surface area contributed by atoms with Gasteiger partial charge in [-0.3, -0.25) is 9.59 Å². The van der Waals surface area contributed by atoms with Crippen LogP contribution in [0.3, 0.4) is 0 Å². The molecule has 0 fully saturated rings. The van der Waals surface area contributed by atoms with Gasteiger partial charge in [-0.2, -0.15) is 0 Å². The molecule has 5 heteroatoms. The lowest BCUT2D eigenvalue weighted by molar-refractivity contribution is -0.124. The highest BCUT2D eigenvalue weighted by Crippen LogP contribution is 2.29. The third-order valence-electron chi connectivity index (χ3n) is 4.16. The van der Waals surface area contributed by atoms with Gasteiger partial charge in [0.05, 0.1) is 12.7 Å². The first-order valence-electron chi connectivity index (χ1n) is 8.48. The molecule has 0 saturated heterocycles. The molecule has 0 bridgehead atoms. The summed E-state index contributed by atoms with van der Waals surface area (Å²) in [4.78, 5) is 23.7. The van der Waals surface area contributed by atoms with Crippen molar-refractivity contribution in [2.24, 2.45) is 5.92 Å². The molecule has 1 aromatic heterocycles. The normalized spacial score (nSPS) is 11.2. The summed E-state index contributed by atoms with van der Waals surface area (Å²) in [6, 6.07) is 12.0. The van der Waals surface area contributed by atoms with Crippen LogP contribution in [0.25, 0.3) is 21.7 Å². The third kappa shape index (κ3) is 3.82. The molecule has 2 amide bonds. The molecule has 130 valence electrons. The predicted octanol–water partition coefficient (Wildman–Crippen LogP) is 3.02. The zero-order chi connectivity index (χ0) is 17.8. The molecule has 3 rings (SSSR count). The van der Waals surface area contributed by atoms with Crippen LogP contribution in [0.2, 0.25) is 0 Å². The van der Waals surface area contributed by atoms with E-state index in [9.17, 15) is 9.59 Å². The van der Waals surface area contributed by atoms with E-state index in [1.807, 2.05) is 50.2 Å². The van der Waals surface area contributed by atoms with E-state index < -0.39 is 0 Å². The van der Waals surface area contributed by atoms with Crippen LogP contribution in [-0.2, 0) is 16.0 Å². The number of hydrogen-bond acceptors (Lipinski definition) is 3. The van der Waals surface area contributed by atoms with Crippen molar-refractivity contribution in [2.75, 3.05) is 13.1 Å². The Morgan fingerprint density at radius 3 is 2.60 bits per heavy atom. The lowest BCUT2D eigenvalue weighted by Gasteiger charge is -2.08. The molecule has 5 nitrogen and oxygen atoms in total. The highest BCUT2D eigenvalue weighted by molar-refractivity contribution is 6.08. The quantitative estimate of drug-likeness (QED) is 0.679. The molecular weight excluding hydrogens is 316 g/mol. The summed E-state index contributed by atoms with van der Waals surface area (Å²) in [5.41, 5.74) is 1.65. The number of nitrogens with one attached hydrogen (secondary N) is 2. The predicted molar refractivity (Wildman–Crippen MR) is 98.3 cm³/mol. The number of amides is 2. The van der Waals surface area contributed by atoms with E-state index in [0.717, 1.165) is 27.3 Å². The zero-order valence-electron chi connectivity index (χ0n) is 14.5. The molecular formula is C20H22N2O3. The van der Waals surface area contributed by atoms with E-state index in [0.29, 0.717) is 13.1 Å². The Hall–Kier alpha value is -2.82. The van der Waals surface area contributed by atoms with Gasteiger partial charge in [-0.25, -0.2) is 0 Å². The van der Waals surface area contributed by atoms with E-state index in [4.69, 9.17) is 4.42 Å². The van der Waals surface area contributed by atoms with E-state index in [1.165, 1.54) is 0 Å². The lowest BCUT2D eigenvalue weighted by Crippen LogP contribution is -2.36. The van der Waals surface area contributed by atoms with Crippen molar-refractivity contribution in [3.05, 3.63) is 48.2 Å². The molecule has 0 aliphatic rings. The second kappa shape index (κ2) is 7.38. The van der Waals surface area contributed by atoms with Crippen molar-refractivity contribution in [3.8, 4) is 0 Å². The SMILES string of the molecule is CC(C)C(=O)NCCNC(=O)Cc1coc2ccc3ccccc3c12. The van der Waals surface area contributed by atoms with Crippen LogP contribution in [0.5, 0.6) is 0 Å². The van der Waals surface area contributed by atoms with Gasteiger partial charge in [-0.05, 0) is 16.8 Å². The lowest BCUT2D eigenvalue weighted by atomic mass is 10.0. The third-order valence-corrected chi connectivity index (χ3v) is 4.16. The standard InChI is InChI=1S/C20H22N2O3/c1-13(2)20(24)22-10-9-21-18(23)11-15-12-25-17-8-7-14-5-3-4-6-16(14)19(15)17/h3-8,12-13H,9-11H2,1-2H3,(H,21,23)(H,22,24). The molecule has 25 heavy (non-hydrogen) atoms. The van der Waals surface area contributed by atoms with E-state index in [-0.39, 0.29) is 24.2 Å². The molecule has 2 N–H and O–H groups in total. The molecule has 0 aliphatic carbocycles. The topological polar surface area (TPSA) is 71.3 Å². The largest absolute Gasteiger partial charge is 0.464 e. The first-order valence-corrected chi connectivity index (χ1v) is 8.48. The van der Waals surface area contributed by atoms with Gasteiger partial charge in [-0.15, -0.1) is 0 Å². The van der Waals surface area contributed by atoms with Gasteiger partial charge >= 0.3 is 0 Å². The second-order valence-corrected chi connectivity index (χ2v) is 6.39. The number of fused-ring (bicyclic) bond motifs is 3. The van der Waals surface area contributed by atoms with Gasteiger partial charge in [0.15, 0.2) is 0 Å². The average Bonchev–Trinajstić information content (AvgIpc) is 3.01. The summed E-state index contributed by atoms with van der Waals surface area (Å²) in [7, 11) is 0. The minimum Gasteiger partial charge on any atom is -0.464 e. The molecule has 2 aromatic carbocycles. The number of carbonyl (C=O) groups excluding carboxylic acids is 2. The summed E-state index contributed by atoms with van der Waals surface area (Å²) in [6.07, 6.45) is 1.90. The number of furan rings is 1. The van der Waals surface area contributed by atoms with Gasteiger partial charge in [0, 0.05) is 30.0 Å². The maximum atomic E-state index is 12.2. The molecule has 0 saturated carbocycles. The number of carbonyl (C=O) groups is 2. The highest BCUT2D eigenvalue weighted by atomic mass is 16.3. The van der Waals surface area contributed by atoms with E-state index in [1.54, 1.807) is 6.26 Å². The Morgan fingerprint density at radius 2 is 1.80 bits per heavy atom. The van der Waals surface area contributed by atoms with Gasteiger partial charge < -0.3 is 15.1 Å². The minimum absolute atomic E-state index is 0.0125. The number of rotatable bonds is 6. The fraction of sp³-hybridized carbons (Fsp3) is 0.300. The molecule has 0 aliphatic heterocycles. The summed E-state index contributed by atoms with van der Waals surface area (Å²) in [5, 5.41) is 8.80. The highest BCUT2D eigenvalue weighted by Gasteiger charge is 2.13. The van der Waals surface area contributed by atoms with Crippen molar-refractivity contribution in [2.45, 2.75) is 20.3 Å². The van der Waals surface area contributed by atoms with Gasteiger partial charge in [0.1, 0.15) is 5.58 Å². The fourth-order valence-corrected chi connectivity index (χ4v) is 2.83. The van der Waals surface area contributed by atoms with Gasteiger partial charge in [-0.1, -0.05) is 44.2 Å². The molecule has 0 atom stereocenters. The van der Waals surface area contributed by atoms with E-state index in [2.05, 4.69) is 10.6 Å². The van der Waals surface area contributed by atoms with Crippen LogP contribution in [-0.4, -0.2) is 24.9 Å². The summed E-state index contributed by atoms with van der Waals surface area (Å²) >= 11 is 0. The number of benzene rings is 2. The Bertz CT molecular complexity index is 912. The summed E-state index contributed by atoms with van der Waals surface area (Å²) in [6.45, 7) is 4.51. The fourth-order valence-electron chi connectivity index (χ4n) is 2.83. The summed E-state index contributed by atoms with van der Waals surface area (Å²) < 4.78 is 5.60. The van der Waals surface area contributed by atoms with Crippen molar-refractivity contribution >= 4 is 33.6 Å². The molecule has 0 radical (unpaired) electrons. The average molecular weight is 338 g/mol. The van der Waals surface area contributed by atoms with Crippen molar-refractivity contribution in [3.63, 3.8) is 0 Å². The van der Waals surface area contributed by atoms with Crippen LogP contribution >= 0.6 is 0 Å². The smallest absolute Gasteiger partial charge is 0.224 e. The Morgan fingerprint density at radius 1 is 1.04 bits per heavy atom. The summed E-state index contributed by atoms with van der Waals surface area (Å²) in [5.74, 6) is -0.155. The van der Waals surface area contributed by atoms with E-state index >= 15 is 0 Å². The van der Waals surface area contributed by atoms with Crippen LogP contribution in [0.1, 0.15) is 19.4 Å². The maximum absolute atomic E-state index is 12.2. The van der Waals surface area contributed by atoms with Crippen LogP contribution in [0, 0.1) is 5.92 Å². The molecule has 1 heterocycles. The Labute approximate surface area is 146 Å². The van der Waals surface area contributed by atoms with Gasteiger partial charge in [0.25, 0.3) is 0 Å². The van der Waals surface area contributed by atoms with Crippen LogP contribution < -0.4 is 10.6 Å². The van der Waals surface area contributed by atoms with Crippen LogP contribution in [0.15, 0.2) is 47.1 Å². The Balaban J connectivity index is 1.66. The van der Waals surface area contributed by atoms with Crippen molar-refractivity contribution in [1.29, 1.82) is 0 Å². The van der Waals surface area contributed by atoms with Crippen molar-refractivity contribution < 1.29 is 14.0 Å². The van der Waals surface area contributed by atoms with Crippen molar-refractivity contribution in [1.82, 2.24) is 10.6 Å². The molecule has 3 aromatic rings. The zero-order valence-corrected chi connectivity index (χ0v) is 14.5.